The number of morpholine rings is 4. The normalized spacial score (nSPS) is 34.0. The summed E-state index contributed by atoms with van der Waals surface area (Å²) in [6.45, 7) is 6.03. The minimum atomic E-state index is 0.244. The standard InChI is InChI=1S/C10H12BrN3O2.C6H11NO2/c11-7-1-12-10(13-2-7)14-8-3-15-5-9(14)6-16-4-8;1-5-2-9-4-6(7-5)3-8-1/h1-2,8-9H,3-6H2;5-7H,1-4H2. The molecule has 25 heavy (non-hydrogen) atoms. The van der Waals surface area contributed by atoms with Gasteiger partial charge in [0.15, 0.2) is 0 Å². The molecule has 4 fully saturated rings. The molecule has 4 aliphatic rings. The Hall–Kier alpha value is -0.840. The Morgan fingerprint density at radius 2 is 1.24 bits per heavy atom. The molecule has 4 aliphatic heterocycles. The number of nitrogens with one attached hydrogen (secondary N) is 1. The van der Waals surface area contributed by atoms with Gasteiger partial charge in [0.25, 0.3) is 0 Å². The van der Waals surface area contributed by atoms with E-state index in [0.717, 1.165) is 36.8 Å². The maximum atomic E-state index is 5.53. The highest BCUT2D eigenvalue weighted by Crippen LogP contribution is 2.24. The molecule has 9 heteroatoms. The molecule has 138 valence electrons. The molecule has 8 nitrogen and oxygen atoms in total. The number of nitrogens with zero attached hydrogens (tertiary/aromatic N) is 3. The number of halogens is 1. The van der Waals surface area contributed by atoms with E-state index in [1.807, 2.05) is 0 Å². The SMILES string of the molecule is Brc1cnc(N2C3COCC2COC3)nc1.C1OCC2COCC1N2. The first-order chi connectivity index (χ1) is 12.3. The molecule has 1 aromatic heterocycles. The number of aromatic nitrogens is 2. The molecule has 4 saturated heterocycles. The van der Waals surface area contributed by atoms with Crippen LogP contribution in [-0.4, -0.2) is 87.0 Å². The van der Waals surface area contributed by atoms with Gasteiger partial charge in [-0.3, -0.25) is 0 Å². The monoisotopic (exact) mass is 414 g/mol. The van der Waals surface area contributed by atoms with Crippen molar-refractivity contribution in [3.63, 3.8) is 0 Å². The Bertz CT molecular complexity index is 522. The Morgan fingerprint density at radius 3 is 1.68 bits per heavy atom. The molecule has 4 bridgehead atoms. The van der Waals surface area contributed by atoms with Crippen LogP contribution in [0.1, 0.15) is 0 Å². The third-order valence-electron chi connectivity index (χ3n) is 4.61. The first-order valence-electron chi connectivity index (χ1n) is 8.62. The second-order valence-electron chi connectivity index (χ2n) is 6.63. The Labute approximate surface area is 155 Å². The predicted octanol–water partition coefficient (Wildman–Crippen LogP) is 0.217. The van der Waals surface area contributed by atoms with Gasteiger partial charge in [0.05, 0.1) is 81.5 Å². The van der Waals surface area contributed by atoms with Crippen molar-refractivity contribution in [3.8, 4) is 0 Å². The number of hydrogen-bond donors (Lipinski definition) is 1. The van der Waals surface area contributed by atoms with Crippen LogP contribution in [0.3, 0.4) is 0 Å². The van der Waals surface area contributed by atoms with Gasteiger partial charge in [0.2, 0.25) is 5.95 Å². The van der Waals surface area contributed by atoms with E-state index in [-0.39, 0.29) is 12.1 Å². The Kier molecular flexibility index (Phi) is 5.79. The van der Waals surface area contributed by atoms with Crippen LogP contribution in [0, 0.1) is 0 Å². The lowest BCUT2D eigenvalue weighted by Crippen LogP contribution is -2.60. The van der Waals surface area contributed by atoms with Gasteiger partial charge >= 0.3 is 0 Å². The van der Waals surface area contributed by atoms with Gasteiger partial charge in [-0.25, -0.2) is 9.97 Å². The number of anilines is 1. The fourth-order valence-electron chi connectivity index (χ4n) is 3.49. The molecule has 0 atom stereocenters. The minimum Gasteiger partial charge on any atom is -0.378 e. The van der Waals surface area contributed by atoms with Crippen LogP contribution in [0.2, 0.25) is 0 Å². The maximum absolute atomic E-state index is 5.53. The Morgan fingerprint density at radius 1 is 0.800 bits per heavy atom. The summed E-state index contributed by atoms with van der Waals surface area (Å²) in [5, 5.41) is 3.40. The Balaban J connectivity index is 0.000000147. The zero-order valence-corrected chi connectivity index (χ0v) is 15.6. The average molecular weight is 415 g/mol. The number of ether oxygens (including phenoxy) is 4. The largest absolute Gasteiger partial charge is 0.378 e. The molecule has 1 N–H and O–H groups in total. The molecule has 0 saturated carbocycles. The van der Waals surface area contributed by atoms with Crippen molar-refractivity contribution in [2.24, 2.45) is 0 Å². The predicted molar refractivity (Wildman–Crippen MR) is 93.8 cm³/mol. The van der Waals surface area contributed by atoms with Gasteiger partial charge in [0, 0.05) is 12.4 Å². The molecular formula is C16H23BrN4O4. The summed E-state index contributed by atoms with van der Waals surface area (Å²) < 4.78 is 22.5. The van der Waals surface area contributed by atoms with Gasteiger partial charge in [0.1, 0.15) is 0 Å². The van der Waals surface area contributed by atoms with E-state index in [0.29, 0.717) is 38.5 Å². The van der Waals surface area contributed by atoms with Crippen molar-refractivity contribution in [1.82, 2.24) is 15.3 Å². The van der Waals surface area contributed by atoms with E-state index < -0.39 is 0 Å². The average Bonchev–Trinajstić information content (AvgIpc) is 2.62. The van der Waals surface area contributed by atoms with Crippen LogP contribution in [-0.2, 0) is 18.9 Å². The first-order valence-corrected chi connectivity index (χ1v) is 9.42. The summed E-state index contributed by atoms with van der Waals surface area (Å²) in [6, 6.07) is 1.40. The lowest BCUT2D eigenvalue weighted by atomic mass is 10.1. The molecule has 1 aromatic rings. The third kappa shape index (κ3) is 4.29. The second-order valence-corrected chi connectivity index (χ2v) is 7.54. The van der Waals surface area contributed by atoms with Gasteiger partial charge in [-0.05, 0) is 15.9 Å². The third-order valence-corrected chi connectivity index (χ3v) is 5.02. The van der Waals surface area contributed by atoms with Crippen LogP contribution in [0.5, 0.6) is 0 Å². The summed E-state index contributed by atoms with van der Waals surface area (Å²) in [5.74, 6) is 0.768. The summed E-state index contributed by atoms with van der Waals surface area (Å²) in [6.07, 6.45) is 3.54. The number of hydrogen-bond acceptors (Lipinski definition) is 8. The van der Waals surface area contributed by atoms with E-state index in [9.17, 15) is 0 Å². The highest BCUT2D eigenvalue weighted by atomic mass is 79.9. The zero-order valence-electron chi connectivity index (χ0n) is 14.0. The highest BCUT2D eigenvalue weighted by Gasteiger charge is 2.36. The fraction of sp³-hybridized carbons (Fsp3) is 0.750. The van der Waals surface area contributed by atoms with Crippen molar-refractivity contribution in [2.75, 3.05) is 57.8 Å². The molecule has 0 spiro atoms. The molecule has 0 aliphatic carbocycles. The van der Waals surface area contributed by atoms with Crippen molar-refractivity contribution in [1.29, 1.82) is 0 Å². The van der Waals surface area contributed by atoms with E-state index in [2.05, 4.69) is 36.1 Å². The van der Waals surface area contributed by atoms with E-state index in [1.54, 1.807) is 12.4 Å². The van der Waals surface area contributed by atoms with Crippen molar-refractivity contribution >= 4 is 21.9 Å². The quantitative estimate of drug-likeness (QED) is 0.698. The lowest BCUT2D eigenvalue weighted by Gasteiger charge is -2.45. The van der Waals surface area contributed by atoms with Crippen LogP contribution >= 0.6 is 15.9 Å². The van der Waals surface area contributed by atoms with E-state index in [1.165, 1.54) is 0 Å². The summed E-state index contributed by atoms with van der Waals surface area (Å²) in [4.78, 5) is 10.9. The van der Waals surface area contributed by atoms with Crippen LogP contribution in [0.15, 0.2) is 16.9 Å². The molecule has 0 unspecified atom stereocenters. The summed E-state index contributed by atoms with van der Waals surface area (Å²) in [5.41, 5.74) is 0. The van der Waals surface area contributed by atoms with Gasteiger partial charge in [-0.15, -0.1) is 0 Å². The van der Waals surface area contributed by atoms with Crippen molar-refractivity contribution in [3.05, 3.63) is 16.9 Å². The molecule has 0 amide bonds. The molecule has 0 aromatic carbocycles. The van der Waals surface area contributed by atoms with Gasteiger partial charge in [-0.1, -0.05) is 0 Å². The molecular weight excluding hydrogens is 392 g/mol. The number of fused-ring (bicyclic) bond motifs is 4. The van der Waals surface area contributed by atoms with E-state index >= 15 is 0 Å². The second kappa shape index (κ2) is 8.24. The van der Waals surface area contributed by atoms with Gasteiger partial charge < -0.3 is 29.2 Å². The lowest BCUT2D eigenvalue weighted by molar-refractivity contribution is -0.0556. The van der Waals surface area contributed by atoms with Crippen molar-refractivity contribution in [2.45, 2.75) is 24.2 Å². The molecule has 0 radical (unpaired) electrons. The maximum Gasteiger partial charge on any atom is 0.226 e. The summed E-state index contributed by atoms with van der Waals surface area (Å²) >= 11 is 3.34. The zero-order chi connectivity index (χ0) is 17.1. The van der Waals surface area contributed by atoms with Crippen LogP contribution < -0.4 is 10.2 Å². The molecule has 5 heterocycles. The number of rotatable bonds is 1. The van der Waals surface area contributed by atoms with E-state index in [4.69, 9.17) is 18.9 Å². The highest BCUT2D eigenvalue weighted by molar-refractivity contribution is 9.10. The topological polar surface area (TPSA) is 78.0 Å². The fourth-order valence-corrected chi connectivity index (χ4v) is 3.69. The molecule has 5 rings (SSSR count). The van der Waals surface area contributed by atoms with Crippen LogP contribution in [0.25, 0.3) is 0 Å². The van der Waals surface area contributed by atoms with Crippen molar-refractivity contribution < 1.29 is 18.9 Å². The summed E-state index contributed by atoms with van der Waals surface area (Å²) in [7, 11) is 0. The van der Waals surface area contributed by atoms with Gasteiger partial charge in [-0.2, -0.15) is 0 Å². The van der Waals surface area contributed by atoms with Crippen LogP contribution in [0.4, 0.5) is 5.95 Å². The first kappa shape index (κ1) is 17.6. The minimum absolute atomic E-state index is 0.244. The smallest absolute Gasteiger partial charge is 0.226 e.